The molecular weight excluding hydrogens is 432 g/mol. The van der Waals surface area contributed by atoms with Gasteiger partial charge < -0.3 is 15.2 Å². The summed E-state index contributed by atoms with van der Waals surface area (Å²) in [6.45, 7) is 0.819. The smallest absolute Gasteiger partial charge is 0.244 e. The molecule has 0 saturated heterocycles. The summed E-state index contributed by atoms with van der Waals surface area (Å²) < 4.78 is 2.88. The van der Waals surface area contributed by atoms with Gasteiger partial charge in [-0.3, -0.25) is 9.59 Å². The highest BCUT2D eigenvalue weighted by atomic mass is 79.9. The molecule has 0 spiro atoms. The molecule has 1 fully saturated rings. The predicted molar refractivity (Wildman–Crippen MR) is 117 cm³/mol. The van der Waals surface area contributed by atoms with E-state index in [1.807, 2.05) is 53.1 Å². The molecule has 1 saturated carbocycles. The Balaban J connectivity index is 1.44. The van der Waals surface area contributed by atoms with E-state index in [1.54, 1.807) is 0 Å². The topological polar surface area (TPSA) is 76.0 Å². The summed E-state index contributed by atoms with van der Waals surface area (Å²) in [7, 11) is 0. The molecule has 6 nitrogen and oxygen atoms in total. The van der Waals surface area contributed by atoms with Crippen molar-refractivity contribution in [1.82, 2.24) is 14.9 Å². The number of carbonyl (C=O) groups excluding carboxylic acids is 2. The van der Waals surface area contributed by atoms with Crippen LogP contribution in [-0.2, 0) is 22.6 Å². The van der Waals surface area contributed by atoms with Crippen LogP contribution in [0.2, 0.25) is 0 Å². The van der Waals surface area contributed by atoms with Crippen molar-refractivity contribution >= 4 is 44.5 Å². The molecule has 150 valence electrons. The van der Waals surface area contributed by atoms with Crippen LogP contribution in [-0.4, -0.2) is 27.9 Å². The number of aryl methyl sites for hydroxylation is 1. The van der Waals surface area contributed by atoms with Crippen LogP contribution < -0.4 is 10.6 Å². The third-order valence-electron chi connectivity index (χ3n) is 4.97. The Morgan fingerprint density at radius 2 is 1.97 bits per heavy atom. The maximum Gasteiger partial charge on any atom is 0.244 e. The highest BCUT2D eigenvalue weighted by molar-refractivity contribution is 9.10. The number of anilines is 1. The average Bonchev–Trinajstić information content (AvgIpc) is 3.49. The summed E-state index contributed by atoms with van der Waals surface area (Å²) in [6.07, 6.45) is 3.50. The molecule has 1 aromatic heterocycles. The van der Waals surface area contributed by atoms with E-state index in [9.17, 15) is 9.59 Å². The van der Waals surface area contributed by atoms with Crippen LogP contribution >= 0.6 is 15.9 Å². The number of nitrogens with one attached hydrogen (secondary N) is 2. The van der Waals surface area contributed by atoms with Gasteiger partial charge in [0, 0.05) is 29.0 Å². The molecule has 1 aliphatic carbocycles. The monoisotopic (exact) mass is 454 g/mol. The fourth-order valence-electron chi connectivity index (χ4n) is 3.35. The Morgan fingerprint density at radius 1 is 1.14 bits per heavy atom. The molecule has 7 heteroatoms. The summed E-state index contributed by atoms with van der Waals surface area (Å²) in [4.78, 5) is 29.1. The molecular formula is C22H23BrN4O2. The van der Waals surface area contributed by atoms with Crippen LogP contribution in [0, 0.1) is 5.92 Å². The molecule has 2 aromatic carbocycles. The van der Waals surface area contributed by atoms with Gasteiger partial charge in [0.1, 0.15) is 12.4 Å². The minimum atomic E-state index is -0.102. The van der Waals surface area contributed by atoms with E-state index in [1.165, 1.54) is 0 Å². The SMILES string of the molecule is O=C(Cn1c(CCCNC(=O)C2CC2)nc2ccccc21)Nc1cccc(Br)c1. The highest BCUT2D eigenvalue weighted by Crippen LogP contribution is 2.28. The number of hydrogen-bond donors (Lipinski definition) is 2. The first-order valence-electron chi connectivity index (χ1n) is 9.87. The number of carbonyl (C=O) groups is 2. The third-order valence-corrected chi connectivity index (χ3v) is 5.46. The van der Waals surface area contributed by atoms with Crippen LogP contribution in [0.5, 0.6) is 0 Å². The molecule has 29 heavy (non-hydrogen) atoms. The maximum atomic E-state index is 12.7. The summed E-state index contributed by atoms with van der Waals surface area (Å²) in [6, 6.07) is 15.4. The van der Waals surface area contributed by atoms with Gasteiger partial charge in [-0.25, -0.2) is 4.98 Å². The first-order valence-corrected chi connectivity index (χ1v) is 10.7. The van der Waals surface area contributed by atoms with E-state index in [4.69, 9.17) is 4.98 Å². The second-order valence-corrected chi connectivity index (χ2v) is 8.25. The van der Waals surface area contributed by atoms with Crippen molar-refractivity contribution in [2.75, 3.05) is 11.9 Å². The van der Waals surface area contributed by atoms with Crippen LogP contribution in [0.15, 0.2) is 53.0 Å². The second kappa shape index (κ2) is 8.78. The predicted octanol–water partition coefficient (Wildman–Crippen LogP) is 3.90. The minimum Gasteiger partial charge on any atom is -0.356 e. The maximum absolute atomic E-state index is 12.7. The minimum absolute atomic E-state index is 0.102. The number of hydrogen-bond acceptors (Lipinski definition) is 3. The summed E-state index contributed by atoms with van der Waals surface area (Å²) in [5.41, 5.74) is 2.56. The molecule has 0 unspecified atom stereocenters. The van der Waals surface area contributed by atoms with Gasteiger partial charge >= 0.3 is 0 Å². The first kappa shape index (κ1) is 19.6. The van der Waals surface area contributed by atoms with Gasteiger partial charge in [0.25, 0.3) is 0 Å². The number of aromatic nitrogens is 2. The highest BCUT2D eigenvalue weighted by Gasteiger charge is 2.29. The molecule has 0 radical (unpaired) electrons. The lowest BCUT2D eigenvalue weighted by molar-refractivity contribution is -0.122. The van der Waals surface area contributed by atoms with Gasteiger partial charge in [-0.15, -0.1) is 0 Å². The number of fused-ring (bicyclic) bond motifs is 1. The van der Waals surface area contributed by atoms with Crippen molar-refractivity contribution in [3.8, 4) is 0 Å². The van der Waals surface area contributed by atoms with Crippen LogP contribution in [0.25, 0.3) is 11.0 Å². The first-order chi connectivity index (χ1) is 14.1. The third kappa shape index (κ3) is 5.03. The Bertz CT molecular complexity index is 1040. The fraction of sp³-hybridized carbons (Fsp3) is 0.318. The molecule has 2 amide bonds. The standard InChI is InChI=1S/C22H23BrN4O2/c23-16-5-3-6-17(13-16)25-21(28)14-27-19-8-2-1-7-18(19)26-20(27)9-4-12-24-22(29)15-10-11-15/h1-3,5-8,13,15H,4,9-12,14H2,(H,24,29)(H,25,28). The van der Waals surface area contributed by atoms with Crippen LogP contribution in [0.3, 0.4) is 0 Å². The lowest BCUT2D eigenvalue weighted by Crippen LogP contribution is -2.26. The molecule has 3 aromatic rings. The Labute approximate surface area is 177 Å². The van der Waals surface area contributed by atoms with Gasteiger partial charge in [0.2, 0.25) is 11.8 Å². The van der Waals surface area contributed by atoms with Crippen molar-refractivity contribution < 1.29 is 9.59 Å². The van der Waals surface area contributed by atoms with Gasteiger partial charge in [-0.05, 0) is 49.6 Å². The Hall–Kier alpha value is -2.67. The van der Waals surface area contributed by atoms with Crippen LogP contribution in [0.1, 0.15) is 25.1 Å². The second-order valence-electron chi connectivity index (χ2n) is 7.33. The fourth-order valence-corrected chi connectivity index (χ4v) is 3.75. The molecule has 4 rings (SSSR count). The van der Waals surface area contributed by atoms with E-state index >= 15 is 0 Å². The van der Waals surface area contributed by atoms with Crippen molar-refractivity contribution in [2.24, 2.45) is 5.92 Å². The van der Waals surface area contributed by atoms with Crippen molar-refractivity contribution in [3.63, 3.8) is 0 Å². The molecule has 1 heterocycles. The number of amides is 2. The zero-order valence-electron chi connectivity index (χ0n) is 16.0. The lowest BCUT2D eigenvalue weighted by atomic mass is 10.2. The Kier molecular flexibility index (Phi) is 5.94. The number of nitrogens with zero attached hydrogens (tertiary/aromatic N) is 2. The number of imidazole rings is 1. The van der Waals surface area contributed by atoms with Crippen molar-refractivity contribution in [1.29, 1.82) is 0 Å². The number of benzene rings is 2. The van der Waals surface area contributed by atoms with Crippen molar-refractivity contribution in [2.45, 2.75) is 32.2 Å². The molecule has 2 N–H and O–H groups in total. The Morgan fingerprint density at radius 3 is 2.76 bits per heavy atom. The van der Waals surface area contributed by atoms with Gasteiger partial charge in [-0.2, -0.15) is 0 Å². The van der Waals surface area contributed by atoms with Crippen molar-refractivity contribution in [3.05, 3.63) is 58.8 Å². The largest absolute Gasteiger partial charge is 0.356 e. The van der Waals surface area contributed by atoms with E-state index < -0.39 is 0 Å². The molecule has 0 bridgehead atoms. The average molecular weight is 455 g/mol. The lowest BCUT2D eigenvalue weighted by Gasteiger charge is -2.11. The number of rotatable bonds is 8. The van der Waals surface area contributed by atoms with E-state index in [2.05, 4.69) is 26.6 Å². The molecule has 0 aliphatic heterocycles. The normalized spacial score (nSPS) is 13.4. The van der Waals surface area contributed by atoms with E-state index in [-0.39, 0.29) is 24.3 Å². The summed E-state index contributed by atoms with van der Waals surface area (Å²) in [5, 5.41) is 5.93. The van der Waals surface area contributed by atoms with Gasteiger partial charge in [0.15, 0.2) is 0 Å². The molecule has 0 atom stereocenters. The van der Waals surface area contributed by atoms with E-state index in [0.717, 1.165) is 46.3 Å². The van der Waals surface area contributed by atoms with Gasteiger partial charge in [0.05, 0.1) is 11.0 Å². The van der Waals surface area contributed by atoms with E-state index in [0.29, 0.717) is 13.0 Å². The quantitative estimate of drug-likeness (QED) is 0.506. The number of para-hydroxylation sites is 2. The summed E-state index contributed by atoms with van der Waals surface area (Å²) in [5.74, 6) is 1.14. The van der Waals surface area contributed by atoms with Crippen LogP contribution in [0.4, 0.5) is 5.69 Å². The number of halogens is 1. The summed E-state index contributed by atoms with van der Waals surface area (Å²) >= 11 is 3.42. The van der Waals surface area contributed by atoms with Gasteiger partial charge in [-0.1, -0.05) is 34.1 Å². The molecule has 1 aliphatic rings. The zero-order chi connectivity index (χ0) is 20.2. The zero-order valence-corrected chi connectivity index (χ0v) is 17.6.